The van der Waals surface area contributed by atoms with Crippen molar-refractivity contribution in [3.8, 4) is 0 Å². The molecule has 2 aliphatic rings. The van der Waals surface area contributed by atoms with Crippen molar-refractivity contribution in [1.29, 1.82) is 0 Å². The minimum atomic E-state index is -1.23. The Bertz CT molecular complexity index is 556. The van der Waals surface area contributed by atoms with Crippen LogP contribution in [0.5, 0.6) is 0 Å². The number of nitrogens with zero attached hydrogens (tertiary/aromatic N) is 1. The predicted octanol–water partition coefficient (Wildman–Crippen LogP) is 2.59. The van der Waals surface area contributed by atoms with Crippen molar-refractivity contribution in [2.45, 2.75) is 38.2 Å². The van der Waals surface area contributed by atoms with E-state index >= 15 is 0 Å². The van der Waals surface area contributed by atoms with Crippen LogP contribution in [0, 0.1) is 5.92 Å². The maximum atomic E-state index is 12.5. The van der Waals surface area contributed by atoms with Crippen LogP contribution < -0.4 is 0 Å². The Hall–Kier alpha value is -1.45. The first-order chi connectivity index (χ1) is 10.6. The Morgan fingerprint density at radius 3 is 2.55 bits per heavy atom. The fourth-order valence-corrected chi connectivity index (χ4v) is 3.57. The van der Waals surface area contributed by atoms with E-state index in [0.29, 0.717) is 0 Å². The number of aryl methyl sites for hydroxylation is 1. The molecule has 3 nitrogen and oxygen atoms in total. The SMILES string of the molecule is C[C@@]1(O)C(=O)C(CCc2ccccc2)=C[C@H]1CN1CCCC1. The maximum Gasteiger partial charge on any atom is 0.190 e. The van der Waals surface area contributed by atoms with Crippen LogP contribution in [0.15, 0.2) is 42.0 Å². The number of benzene rings is 1. The van der Waals surface area contributed by atoms with Gasteiger partial charge < -0.3 is 10.0 Å². The summed E-state index contributed by atoms with van der Waals surface area (Å²) < 4.78 is 0. The second-order valence-corrected chi connectivity index (χ2v) is 6.77. The van der Waals surface area contributed by atoms with Gasteiger partial charge in [0, 0.05) is 12.5 Å². The number of carbonyl (C=O) groups excluding carboxylic acids is 1. The van der Waals surface area contributed by atoms with Crippen LogP contribution in [0.2, 0.25) is 0 Å². The van der Waals surface area contributed by atoms with Gasteiger partial charge in [-0.3, -0.25) is 4.79 Å². The van der Waals surface area contributed by atoms with E-state index in [-0.39, 0.29) is 11.7 Å². The highest BCUT2D eigenvalue weighted by atomic mass is 16.3. The van der Waals surface area contributed by atoms with Crippen molar-refractivity contribution in [3.63, 3.8) is 0 Å². The third-order valence-corrected chi connectivity index (χ3v) is 5.06. The summed E-state index contributed by atoms with van der Waals surface area (Å²) in [5.74, 6) is -0.142. The van der Waals surface area contributed by atoms with Crippen molar-refractivity contribution in [3.05, 3.63) is 47.5 Å². The molecule has 1 fully saturated rings. The fourth-order valence-electron chi connectivity index (χ4n) is 3.57. The number of rotatable bonds is 5. The average molecular weight is 299 g/mol. The van der Waals surface area contributed by atoms with Gasteiger partial charge in [-0.05, 0) is 56.8 Å². The highest BCUT2D eigenvalue weighted by Gasteiger charge is 2.45. The zero-order valence-corrected chi connectivity index (χ0v) is 13.3. The van der Waals surface area contributed by atoms with Crippen LogP contribution in [0.4, 0.5) is 0 Å². The van der Waals surface area contributed by atoms with Crippen LogP contribution in [0.1, 0.15) is 31.7 Å². The van der Waals surface area contributed by atoms with Crippen molar-refractivity contribution in [2.24, 2.45) is 5.92 Å². The molecule has 118 valence electrons. The van der Waals surface area contributed by atoms with Crippen molar-refractivity contribution in [1.82, 2.24) is 4.90 Å². The summed E-state index contributed by atoms with van der Waals surface area (Å²) in [6.07, 6.45) is 6.06. The number of carbonyl (C=O) groups is 1. The summed E-state index contributed by atoms with van der Waals surface area (Å²) in [4.78, 5) is 14.9. The van der Waals surface area contributed by atoms with Gasteiger partial charge in [-0.1, -0.05) is 36.4 Å². The number of hydrogen-bond acceptors (Lipinski definition) is 3. The van der Waals surface area contributed by atoms with E-state index in [2.05, 4.69) is 17.0 Å². The highest BCUT2D eigenvalue weighted by Crippen LogP contribution is 2.34. The lowest BCUT2D eigenvalue weighted by Gasteiger charge is -2.27. The lowest BCUT2D eigenvalue weighted by molar-refractivity contribution is -0.133. The first-order valence-electron chi connectivity index (χ1n) is 8.31. The lowest BCUT2D eigenvalue weighted by atomic mass is 9.90. The lowest BCUT2D eigenvalue weighted by Crippen LogP contribution is -2.43. The Morgan fingerprint density at radius 1 is 1.18 bits per heavy atom. The van der Waals surface area contributed by atoms with Gasteiger partial charge in [0.15, 0.2) is 5.78 Å². The molecule has 22 heavy (non-hydrogen) atoms. The van der Waals surface area contributed by atoms with E-state index in [4.69, 9.17) is 0 Å². The topological polar surface area (TPSA) is 40.5 Å². The Balaban J connectivity index is 1.66. The number of aliphatic hydroxyl groups is 1. The summed E-state index contributed by atoms with van der Waals surface area (Å²) in [6.45, 7) is 4.66. The van der Waals surface area contributed by atoms with Gasteiger partial charge in [0.25, 0.3) is 0 Å². The second kappa shape index (κ2) is 6.35. The molecule has 0 unspecified atom stereocenters. The van der Waals surface area contributed by atoms with Gasteiger partial charge in [0.2, 0.25) is 0 Å². The molecule has 0 bridgehead atoms. The van der Waals surface area contributed by atoms with Gasteiger partial charge in [-0.25, -0.2) is 0 Å². The third-order valence-electron chi connectivity index (χ3n) is 5.06. The normalized spacial score (nSPS) is 29.1. The molecule has 1 heterocycles. The van der Waals surface area contributed by atoms with Gasteiger partial charge in [0.1, 0.15) is 5.60 Å². The number of ketones is 1. The minimum Gasteiger partial charge on any atom is -0.381 e. The van der Waals surface area contributed by atoms with Crippen LogP contribution in [0.25, 0.3) is 0 Å². The first kappa shape index (κ1) is 15.4. The highest BCUT2D eigenvalue weighted by molar-refractivity contribution is 6.04. The summed E-state index contributed by atoms with van der Waals surface area (Å²) in [5.41, 5.74) is 0.811. The van der Waals surface area contributed by atoms with E-state index in [0.717, 1.165) is 38.0 Å². The molecule has 1 aliphatic heterocycles. The second-order valence-electron chi connectivity index (χ2n) is 6.77. The molecular weight excluding hydrogens is 274 g/mol. The van der Waals surface area contributed by atoms with Crippen LogP contribution in [-0.4, -0.2) is 41.0 Å². The maximum absolute atomic E-state index is 12.5. The Kier molecular flexibility index (Phi) is 4.46. The van der Waals surface area contributed by atoms with E-state index in [1.54, 1.807) is 6.92 Å². The Morgan fingerprint density at radius 2 is 1.86 bits per heavy atom. The van der Waals surface area contributed by atoms with E-state index in [1.165, 1.54) is 18.4 Å². The zero-order valence-electron chi connectivity index (χ0n) is 13.3. The molecule has 0 saturated carbocycles. The minimum absolute atomic E-state index is 0.0659. The smallest absolute Gasteiger partial charge is 0.190 e. The average Bonchev–Trinajstić information content (AvgIpc) is 3.09. The van der Waals surface area contributed by atoms with Crippen molar-refractivity contribution in [2.75, 3.05) is 19.6 Å². The molecule has 1 aliphatic carbocycles. The van der Waals surface area contributed by atoms with Gasteiger partial charge >= 0.3 is 0 Å². The molecular formula is C19H25NO2. The predicted molar refractivity (Wildman–Crippen MR) is 87.6 cm³/mol. The van der Waals surface area contributed by atoms with Gasteiger partial charge in [-0.15, -0.1) is 0 Å². The zero-order chi connectivity index (χ0) is 15.6. The third kappa shape index (κ3) is 3.16. The molecule has 2 atom stereocenters. The monoisotopic (exact) mass is 299 g/mol. The molecule has 1 aromatic carbocycles. The van der Waals surface area contributed by atoms with E-state index in [1.807, 2.05) is 24.3 Å². The number of hydrogen-bond donors (Lipinski definition) is 1. The van der Waals surface area contributed by atoms with Gasteiger partial charge in [0.05, 0.1) is 0 Å². The molecule has 3 heteroatoms. The molecule has 1 aromatic rings. The van der Waals surface area contributed by atoms with Crippen LogP contribution in [0.3, 0.4) is 0 Å². The van der Waals surface area contributed by atoms with Crippen LogP contribution >= 0.6 is 0 Å². The molecule has 0 amide bonds. The molecule has 1 N–H and O–H groups in total. The summed E-state index contributed by atoms with van der Waals surface area (Å²) in [7, 11) is 0. The summed E-state index contributed by atoms with van der Waals surface area (Å²) in [5, 5.41) is 10.6. The summed E-state index contributed by atoms with van der Waals surface area (Å²) in [6, 6.07) is 10.2. The molecule has 0 aromatic heterocycles. The molecule has 1 saturated heterocycles. The van der Waals surface area contributed by atoms with Crippen molar-refractivity contribution >= 4 is 5.78 Å². The molecule has 0 radical (unpaired) electrons. The van der Waals surface area contributed by atoms with E-state index < -0.39 is 5.60 Å². The van der Waals surface area contributed by atoms with Gasteiger partial charge in [-0.2, -0.15) is 0 Å². The van der Waals surface area contributed by atoms with Crippen LogP contribution in [-0.2, 0) is 11.2 Å². The quantitative estimate of drug-likeness (QED) is 0.908. The largest absolute Gasteiger partial charge is 0.381 e. The number of Topliss-reactive ketones (excluding diaryl/α,β-unsaturated/α-hetero) is 1. The van der Waals surface area contributed by atoms with Crippen molar-refractivity contribution < 1.29 is 9.90 Å². The fraction of sp³-hybridized carbons (Fsp3) is 0.526. The molecule has 3 rings (SSSR count). The summed E-state index contributed by atoms with van der Waals surface area (Å²) >= 11 is 0. The van der Waals surface area contributed by atoms with E-state index in [9.17, 15) is 9.90 Å². The first-order valence-corrected chi connectivity index (χ1v) is 8.31. The molecule has 0 spiro atoms. The number of likely N-dealkylation sites (tertiary alicyclic amines) is 1. The Labute approximate surface area is 132 Å². The standard InChI is InChI=1S/C19H25NO2/c1-19(22)17(14-20-11-5-6-12-20)13-16(18(19)21)10-9-15-7-3-2-4-8-15/h2-4,7-8,13,17,22H,5-6,9-12,14H2,1H3/t17-,19-/m0/s1.